The molecule has 10 heteroatoms. The molecule has 5 aromatic rings. The summed E-state index contributed by atoms with van der Waals surface area (Å²) in [5.74, 6) is 0.732. The molecule has 5 rings (SSSR count). The van der Waals surface area contributed by atoms with Crippen LogP contribution >= 0.6 is 0 Å². The van der Waals surface area contributed by atoms with Crippen molar-refractivity contribution in [2.75, 3.05) is 19.0 Å². The lowest BCUT2D eigenvalue weighted by Gasteiger charge is -2.11. The standard InChI is InChI=1S/C22H17FN8O/c1-32-20-5-3-16(23)22-15(20)9-14(11-24)31(22)7-6-25-21-10-18(26-12-27-21)13-2-4-17-19(8-13)29-30-28-17/h2-5,8-10,12H,6-7H2,1H3,(H,25,26,27)(H,28,29,30). The Morgan fingerprint density at radius 1 is 1.19 bits per heavy atom. The third-order valence-corrected chi connectivity index (χ3v) is 5.23. The van der Waals surface area contributed by atoms with Crippen LogP contribution in [0.2, 0.25) is 0 Å². The predicted molar refractivity (Wildman–Crippen MR) is 117 cm³/mol. The normalized spacial score (nSPS) is 11.0. The van der Waals surface area contributed by atoms with Crippen LogP contribution in [0.3, 0.4) is 0 Å². The average Bonchev–Trinajstić information content (AvgIpc) is 3.44. The third kappa shape index (κ3) is 3.35. The van der Waals surface area contributed by atoms with Crippen molar-refractivity contribution >= 4 is 27.8 Å². The highest BCUT2D eigenvalue weighted by molar-refractivity contribution is 5.89. The zero-order valence-corrected chi connectivity index (χ0v) is 17.0. The van der Waals surface area contributed by atoms with Crippen molar-refractivity contribution in [2.24, 2.45) is 0 Å². The quantitative estimate of drug-likeness (QED) is 0.425. The van der Waals surface area contributed by atoms with Crippen molar-refractivity contribution in [3.05, 3.63) is 60.3 Å². The van der Waals surface area contributed by atoms with Crippen LogP contribution in [0, 0.1) is 17.1 Å². The number of nitrogens with zero attached hydrogens (tertiary/aromatic N) is 6. The Balaban J connectivity index is 1.38. The van der Waals surface area contributed by atoms with Gasteiger partial charge in [-0.2, -0.15) is 5.26 Å². The van der Waals surface area contributed by atoms with Crippen molar-refractivity contribution in [1.29, 1.82) is 5.26 Å². The van der Waals surface area contributed by atoms with E-state index < -0.39 is 5.82 Å². The first-order valence-corrected chi connectivity index (χ1v) is 9.81. The van der Waals surface area contributed by atoms with E-state index in [1.54, 1.807) is 16.7 Å². The summed E-state index contributed by atoms with van der Waals surface area (Å²) < 4.78 is 21.5. The largest absolute Gasteiger partial charge is 0.496 e. The molecular weight excluding hydrogens is 411 g/mol. The number of methoxy groups -OCH3 is 1. The van der Waals surface area contributed by atoms with Gasteiger partial charge in [-0.15, -0.1) is 5.10 Å². The highest BCUT2D eigenvalue weighted by Crippen LogP contribution is 2.31. The summed E-state index contributed by atoms with van der Waals surface area (Å²) in [5, 5.41) is 23.9. The van der Waals surface area contributed by atoms with E-state index in [1.807, 2.05) is 24.3 Å². The van der Waals surface area contributed by atoms with E-state index in [0.29, 0.717) is 41.3 Å². The number of nitriles is 1. The average molecular weight is 428 g/mol. The third-order valence-electron chi connectivity index (χ3n) is 5.23. The first-order valence-electron chi connectivity index (χ1n) is 9.81. The summed E-state index contributed by atoms with van der Waals surface area (Å²) >= 11 is 0. The van der Waals surface area contributed by atoms with Crippen LogP contribution in [0.15, 0.2) is 48.8 Å². The van der Waals surface area contributed by atoms with Crippen molar-refractivity contribution in [3.8, 4) is 23.1 Å². The summed E-state index contributed by atoms with van der Waals surface area (Å²) in [6, 6.07) is 14.2. The van der Waals surface area contributed by atoms with E-state index in [4.69, 9.17) is 4.74 Å². The number of hydrogen-bond donors (Lipinski definition) is 2. The Morgan fingerprint density at radius 3 is 2.94 bits per heavy atom. The molecule has 0 aliphatic heterocycles. The van der Waals surface area contributed by atoms with Gasteiger partial charge < -0.3 is 14.6 Å². The number of anilines is 1. The number of halogens is 1. The van der Waals surface area contributed by atoms with Crippen molar-refractivity contribution in [2.45, 2.75) is 6.54 Å². The van der Waals surface area contributed by atoms with Gasteiger partial charge >= 0.3 is 0 Å². The molecule has 0 bridgehead atoms. The number of ether oxygens (including phenoxy) is 1. The smallest absolute Gasteiger partial charge is 0.147 e. The molecule has 3 aromatic heterocycles. The van der Waals surface area contributed by atoms with Gasteiger partial charge in [-0.1, -0.05) is 11.3 Å². The lowest BCUT2D eigenvalue weighted by Crippen LogP contribution is -2.13. The number of aromatic nitrogens is 6. The molecule has 0 aliphatic rings. The highest BCUT2D eigenvalue weighted by atomic mass is 19.1. The van der Waals surface area contributed by atoms with Gasteiger partial charge in [0.05, 0.1) is 23.8 Å². The van der Waals surface area contributed by atoms with Gasteiger partial charge in [-0.3, -0.25) is 5.10 Å². The summed E-state index contributed by atoms with van der Waals surface area (Å²) in [7, 11) is 1.52. The topological polar surface area (TPSA) is 117 Å². The predicted octanol–water partition coefficient (Wildman–Crippen LogP) is 3.50. The Kier molecular flexibility index (Phi) is 4.84. The second-order valence-electron chi connectivity index (χ2n) is 7.06. The van der Waals surface area contributed by atoms with Crippen LogP contribution in [0.25, 0.3) is 33.2 Å². The maximum atomic E-state index is 14.6. The number of benzene rings is 2. The summed E-state index contributed by atoms with van der Waals surface area (Å²) in [6.07, 6.45) is 1.48. The van der Waals surface area contributed by atoms with E-state index >= 15 is 0 Å². The molecule has 0 spiro atoms. The molecule has 0 radical (unpaired) electrons. The molecule has 0 unspecified atom stereocenters. The van der Waals surface area contributed by atoms with Crippen molar-refractivity contribution < 1.29 is 9.13 Å². The molecule has 32 heavy (non-hydrogen) atoms. The van der Waals surface area contributed by atoms with E-state index in [-0.39, 0.29) is 0 Å². The van der Waals surface area contributed by atoms with Gasteiger partial charge in [-0.25, -0.2) is 14.4 Å². The van der Waals surface area contributed by atoms with Crippen LogP contribution in [-0.4, -0.2) is 43.6 Å². The fraction of sp³-hybridized carbons (Fsp3) is 0.136. The van der Waals surface area contributed by atoms with Crippen molar-refractivity contribution in [3.63, 3.8) is 0 Å². The number of H-pyrrole nitrogens is 1. The highest BCUT2D eigenvalue weighted by Gasteiger charge is 2.16. The van der Waals surface area contributed by atoms with Crippen LogP contribution in [0.1, 0.15) is 5.69 Å². The Labute approximate surface area is 181 Å². The molecule has 0 saturated carbocycles. The molecule has 0 aliphatic carbocycles. The van der Waals surface area contributed by atoms with Crippen LogP contribution < -0.4 is 10.1 Å². The Bertz CT molecular complexity index is 1480. The molecule has 0 fully saturated rings. The van der Waals surface area contributed by atoms with Gasteiger partial charge in [0.15, 0.2) is 0 Å². The second-order valence-corrected chi connectivity index (χ2v) is 7.06. The maximum Gasteiger partial charge on any atom is 0.147 e. The molecule has 2 aromatic carbocycles. The fourth-order valence-electron chi connectivity index (χ4n) is 3.73. The monoisotopic (exact) mass is 428 g/mol. The summed E-state index contributed by atoms with van der Waals surface area (Å²) in [6.45, 7) is 0.788. The molecule has 158 valence electrons. The molecule has 0 amide bonds. The lowest BCUT2D eigenvalue weighted by atomic mass is 10.1. The van der Waals surface area contributed by atoms with Gasteiger partial charge in [0, 0.05) is 30.1 Å². The SMILES string of the molecule is COc1ccc(F)c2c1cc(C#N)n2CCNc1cc(-c2ccc3nn[nH]c3c2)ncn1. The minimum Gasteiger partial charge on any atom is -0.496 e. The van der Waals surface area contributed by atoms with Crippen molar-refractivity contribution in [1.82, 2.24) is 29.9 Å². The van der Waals surface area contributed by atoms with Gasteiger partial charge in [0.25, 0.3) is 0 Å². The zero-order chi connectivity index (χ0) is 22.1. The fourth-order valence-corrected chi connectivity index (χ4v) is 3.73. The molecule has 0 atom stereocenters. The number of nitrogens with one attached hydrogen (secondary N) is 2. The van der Waals surface area contributed by atoms with E-state index in [9.17, 15) is 9.65 Å². The first kappa shape index (κ1) is 19.4. The Morgan fingerprint density at radius 2 is 2.09 bits per heavy atom. The molecule has 2 N–H and O–H groups in total. The van der Waals surface area contributed by atoms with E-state index in [1.165, 1.54) is 19.5 Å². The number of aromatic amines is 1. The second kappa shape index (κ2) is 7.96. The van der Waals surface area contributed by atoms with Crippen LogP contribution in [-0.2, 0) is 6.54 Å². The zero-order valence-electron chi connectivity index (χ0n) is 17.0. The first-order chi connectivity index (χ1) is 15.7. The molecular formula is C22H17FN8O. The molecule has 3 heterocycles. The minimum atomic E-state index is -0.407. The van der Waals surface area contributed by atoms with Gasteiger partial charge in [-0.05, 0) is 30.3 Å². The van der Waals surface area contributed by atoms with Crippen LogP contribution in [0.5, 0.6) is 5.75 Å². The molecule has 9 nitrogen and oxygen atoms in total. The van der Waals surface area contributed by atoms with Gasteiger partial charge in [0.2, 0.25) is 0 Å². The Hall–Kier alpha value is -4.52. The lowest BCUT2D eigenvalue weighted by molar-refractivity contribution is 0.419. The summed E-state index contributed by atoms with van der Waals surface area (Å²) in [4.78, 5) is 8.60. The van der Waals surface area contributed by atoms with Crippen LogP contribution in [0.4, 0.5) is 10.2 Å². The number of hydrogen-bond acceptors (Lipinski definition) is 7. The summed E-state index contributed by atoms with van der Waals surface area (Å²) in [5.41, 5.74) is 3.92. The number of fused-ring (bicyclic) bond motifs is 2. The van der Waals surface area contributed by atoms with E-state index in [2.05, 4.69) is 36.8 Å². The molecule has 0 saturated heterocycles. The minimum absolute atomic E-state index is 0.340. The maximum absolute atomic E-state index is 14.6. The number of rotatable bonds is 6. The van der Waals surface area contributed by atoms with Gasteiger partial charge in [0.1, 0.15) is 41.0 Å². The van der Waals surface area contributed by atoms with E-state index in [0.717, 1.165) is 22.3 Å².